The monoisotopic (exact) mass is 210 g/mol. The quantitative estimate of drug-likeness (QED) is 0.401. The van der Waals surface area contributed by atoms with Gasteiger partial charge in [0.15, 0.2) is 0 Å². The molecule has 0 aromatic rings. The van der Waals surface area contributed by atoms with E-state index in [1.165, 1.54) is 4.90 Å². The Bertz CT molecular complexity index is 309. The standard InChI is InChI=1S/C9H14N4O2/c1-2-7(11-12-10)6-9(15)13-5-3-4-8(13)14/h7H,2-6H2,1H3/t7-/m0/s1. The summed E-state index contributed by atoms with van der Waals surface area (Å²) in [4.78, 5) is 26.8. The molecule has 0 N–H and O–H groups in total. The van der Waals surface area contributed by atoms with Crippen molar-refractivity contribution in [2.75, 3.05) is 6.54 Å². The maximum absolute atomic E-state index is 11.6. The van der Waals surface area contributed by atoms with Crippen molar-refractivity contribution >= 4 is 11.8 Å². The molecule has 0 aromatic carbocycles. The van der Waals surface area contributed by atoms with E-state index in [2.05, 4.69) is 10.0 Å². The van der Waals surface area contributed by atoms with E-state index in [0.29, 0.717) is 19.4 Å². The maximum Gasteiger partial charge on any atom is 0.229 e. The number of carbonyl (C=O) groups is 2. The lowest BCUT2D eigenvalue weighted by Crippen LogP contribution is -2.33. The number of carbonyl (C=O) groups excluding carboxylic acids is 2. The minimum Gasteiger partial charge on any atom is -0.283 e. The average molecular weight is 210 g/mol. The molecule has 0 radical (unpaired) electrons. The van der Waals surface area contributed by atoms with E-state index in [0.717, 1.165) is 6.42 Å². The fraction of sp³-hybridized carbons (Fsp3) is 0.778. The number of nitrogens with zero attached hydrogens (tertiary/aromatic N) is 4. The Morgan fingerprint density at radius 3 is 2.93 bits per heavy atom. The molecule has 6 nitrogen and oxygen atoms in total. The van der Waals surface area contributed by atoms with Gasteiger partial charge in [-0.1, -0.05) is 12.0 Å². The highest BCUT2D eigenvalue weighted by Crippen LogP contribution is 2.14. The Hall–Kier alpha value is -1.55. The van der Waals surface area contributed by atoms with Gasteiger partial charge < -0.3 is 0 Å². The smallest absolute Gasteiger partial charge is 0.229 e. The van der Waals surface area contributed by atoms with Crippen LogP contribution in [0.5, 0.6) is 0 Å². The molecule has 15 heavy (non-hydrogen) atoms. The van der Waals surface area contributed by atoms with Crippen LogP contribution in [0, 0.1) is 0 Å². The van der Waals surface area contributed by atoms with Crippen LogP contribution in [0.2, 0.25) is 0 Å². The Morgan fingerprint density at radius 2 is 2.47 bits per heavy atom. The van der Waals surface area contributed by atoms with Gasteiger partial charge in [0.1, 0.15) is 0 Å². The van der Waals surface area contributed by atoms with Gasteiger partial charge in [-0.3, -0.25) is 14.5 Å². The van der Waals surface area contributed by atoms with Crippen LogP contribution in [0.15, 0.2) is 5.11 Å². The molecule has 0 bridgehead atoms. The van der Waals surface area contributed by atoms with Gasteiger partial charge in [-0.15, -0.1) is 0 Å². The summed E-state index contributed by atoms with van der Waals surface area (Å²) in [5.74, 6) is -0.340. The number of amides is 2. The van der Waals surface area contributed by atoms with Crippen LogP contribution in [-0.4, -0.2) is 29.3 Å². The average Bonchev–Trinajstić information content (AvgIpc) is 2.63. The normalized spacial score (nSPS) is 17.4. The van der Waals surface area contributed by atoms with E-state index >= 15 is 0 Å². The molecular weight excluding hydrogens is 196 g/mol. The summed E-state index contributed by atoms with van der Waals surface area (Å²) in [7, 11) is 0. The molecule has 1 aliphatic heterocycles. The van der Waals surface area contributed by atoms with E-state index in [1.54, 1.807) is 0 Å². The molecule has 0 saturated carbocycles. The lowest BCUT2D eigenvalue weighted by molar-refractivity contribution is -0.142. The van der Waals surface area contributed by atoms with Gasteiger partial charge in [-0.2, -0.15) is 0 Å². The van der Waals surface area contributed by atoms with Crippen molar-refractivity contribution in [1.29, 1.82) is 0 Å². The van der Waals surface area contributed by atoms with Crippen molar-refractivity contribution in [2.24, 2.45) is 5.11 Å². The zero-order chi connectivity index (χ0) is 11.3. The van der Waals surface area contributed by atoms with E-state index < -0.39 is 0 Å². The Morgan fingerprint density at radius 1 is 1.73 bits per heavy atom. The van der Waals surface area contributed by atoms with E-state index in [-0.39, 0.29) is 24.3 Å². The number of hydrogen-bond donors (Lipinski definition) is 0. The fourth-order valence-corrected chi connectivity index (χ4v) is 1.56. The Kier molecular flexibility index (Phi) is 4.12. The first-order chi connectivity index (χ1) is 7.19. The van der Waals surface area contributed by atoms with Crippen LogP contribution in [0.1, 0.15) is 32.6 Å². The minimum absolute atomic E-state index is 0.115. The SMILES string of the molecule is CC[C@@H](CC(=O)N1CCCC1=O)N=[N+]=[N-]. The molecule has 1 rings (SSSR count). The summed E-state index contributed by atoms with van der Waals surface area (Å²) >= 11 is 0. The van der Waals surface area contributed by atoms with Gasteiger partial charge in [-0.25, -0.2) is 0 Å². The first kappa shape index (κ1) is 11.5. The predicted octanol–water partition coefficient (Wildman–Crippen LogP) is 1.61. The number of rotatable bonds is 4. The van der Waals surface area contributed by atoms with Gasteiger partial charge in [0, 0.05) is 30.3 Å². The molecule has 0 aliphatic carbocycles. The second-order valence-electron chi connectivity index (χ2n) is 3.51. The van der Waals surface area contributed by atoms with Crippen molar-refractivity contribution in [2.45, 2.75) is 38.6 Å². The third-order valence-corrected chi connectivity index (χ3v) is 2.47. The summed E-state index contributed by atoms with van der Waals surface area (Å²) in [6.07, 6.45) is 1.93. The largest absolute Gasteiger partial charge is 0.283 e. The van der Waals surface area contributed by atoms with Crippen LogP contribution < -0.4 is 0 Å². The van der Waals surface area contributed by atoms with Gasteiger partial charge in [0.25, 0.3) is 0 Å². The van der Waals surface area contributed by atoms with E-state index in [4.69, 9.17) is 5.53 Å². The van der Waals surface area contributed by atoms with Gasteiger partial charge in [0.2, 0.25) is 11.8 Å². The van der Waals surface area contributed by atoms with Crippen LogP contribution in [0.3, 0.4) is 0 Å². The molecule has 0 spiro atoms. The van der Waals surface area contributed by atoms with Crippen LogP contribution in [-0.2, 0) is 9.59 Å². The highest BCUT2D eigenvalue weighted by molar-refractivity contribution is 5.96. The van der Waals surface area contributed by atoms with E-state index in [9.17, 15) is 9.59 Å². The van der Waals surface area contributed by atoms with Crippen molar-refractivity contribution in [3.8, 4) is 0 Å². The fourth-order valence-electron chi connectivity index (χ4n) is 1.56. The van der Waals surface area contributed by atoms with Crippen LogP contribution in [0.25, 0.3) is 10.4 Å². The molecule has 0 unspecified atom stereocenters. The first-order valence-electron chi connectivity index (χ1n) is 5.06. The highest BCUT2D eigenvalue weighted by atomic mass is 16.2. The summed E-state index contributed by atoms with van der Waals surface area (Å²) in [5.41, 5.74) is 8.26. The molecule has 0 aromatic heterocycles. The lowest BCUT2D eigenvalue weighted by atomic mass is 10.1. The molecule has 2 amide bonds. The molecular formula is C9H14N4O2. The molecule has 1 saturated heterocycles. The molecule has 1 heterocycles. The second kappa shape index (κ2) is 5.36. The van der Waals surface area contributed by atoms with Gasteiger partial charge in [-0.05, 0) is 18.4 Å². The number of imide groups is 1. The molecule has 1 aliphatic rings. The van der Waals surface area contributed by atoms with Gasteiger partial charge in [0.05, 0.1) is 0 Å². The lowest BCUT2D eigenvalue weighted by Gasteiger charge is -2.15. The molecule has 6 heteroatoms. The summed E-state index contributed by atoms with van der Waals surface area (Å²) in [6.45, 7) is 2.35. The van der Waals surface area contributed by atoms with Crippen molar-refractivity contribution in [3.05, 3.63) is 10.4 Å². The maximum atomic E-state index is 11.6. The zero-order valence-corrected chi connectivity index (χ0v) is 8.72. The van der Waals surface area contributed by atoms with Gasteiger partial charge >= 0.3 is 0 Å². The zero-order valence-electron chi connectivity index (χ0n) is 8.72. The molecule has 1 fully saturated rings. The minimum atomic E-state index is -0.337. The third-order valence-electron chi connectivity index (χ3n) is 2.47. The predicted molar refractivity (Wildman–Crippen MR) is 53.8 cm³/mol. The van der Waals surface area contributed by atoms with Crippen LogP contribution in [0.4, 0.5) is 0 Å². The summed E-state index contributed by atoms with van der Waals surface area (Å²) in [5, 5.41) is 3.50. The topological polar surface area (TPSA) is 86.1 Å². The van der Waals surface area contributed by atoms with Crippen molar-refractivity contribution in [3.63, 3.8) is 0 Å². The Balaban J connectivity index is 2.53. The first-order valence-corrected chi connectivity index (χ1v) is 5.06. The third kappa shape index (κ3) is 2.95. The number of azide groups is 1. The Labute approximate surface area is 87.9 Å². The summed E-state index contributed by atoms with van der Waals surface area (Å²) in [6, 6.07) is -0.337. The second-order valence-corrected chi connectivity index (χ2v) is 3.51. The number of hydrogen-bond acceptors (Lipinski definition) is 3. The molecule has 82 valence electrons. The number of likely N-dealkylation sites (tertiary alicyclic amines) is 1. The van der Waals surface area contributed by atoms with Crippen molar-refractivity contribution in [1.82, 2.24) is 4.90 Å². The van der Waals surface area contributed by atoms with Crippen molar-refractivity contribution < 1.29 is 9.59 Å². The van der Waals surface area contributed by atoms with Crippen LogP contribution >= 0.6 is 0 Å². The van der Waals surface area contributed by atoms with E-state index in [1.807, 2.05) is 6.92 Å². The summed E-state index contributed by atoms with van der Waals surface area (Å²) < 4.78 is 0. The molecule has 1 atom stereocenters. The highest BCUT2D eigenvalue weighted by Gasteiger charge is 2.27.